The van der Waals surface area contributed by atoms with Gasteiger partial charge in [-0.05, 0) is 63.8 Å². The number of carbonyl (C=O) groups is 1. The van der Waals surface area contributed by atoms with E-state index in [-0.39, 0.29) is 24.0 Å². The van der Waals surface area contributed by atoms with Crippen LogP contribution in [0.25, 0.3) is 0 Å². The number of rotatable bonds is 2. The van der Waals surface area contributed by atoms with Crippen LogP contribution in [0.15, 0.2) is 18.2 Å². The molecule has 144 valence electrons. The van der Waals surface area contributed by atoms with E-state index in [2.05, 4.69) is 0 Å². The summed E-state index contributed by atoms with van der Waals surface area (Å²) in [5.41, 5.74) is 0.197. The van der Waals surface area contributed by atoms with Gasteiger partial charge in [-0.15, -0.1) is 0 Å². The molecule has 1 amide bonds. The van der Waals surface area contributed by atoms with E-state index in [1.165, 1.54) is 12.1 Å². The van der Waals surface area contributed by atoms with Gasteiger partial charge in [-0.1, -0.05) is 6.07 Å². The third-order valence-corrected chi connectivity index (χ3v) is 5.07. The molecule has 2 aliphatic rings. The lowest BCUT2D eigenvalue weighted by molar-refractivity contribution is -0.137. The zero-order valence-corrected chi connectivity index (χ0v) is 15.9. The first-order valence-electron chi connectivity index (χ1n) is 9.13. The number of morpholine rings is 1. The molecule has 2 fully saturated rings. The largest absolute Gasteiger partial charge is 0.444 e. The van der Waals surface area contributed by atoms with Crippen molar-refractivity contribution in [3.8, 4) is 0 Å². The van der Waals surface area contributed by atoms with Crippen molar-refractivity contribution in [1.29, 1.82) is 0 Å². The number of piperidine rings is 1. The molecular weight excluding hydrogens is 337 g/mol. The number of nitrogens with zero attached hydrogens (tertiary/aromatic N) is 1. The molecule has 2 bridgehead atoms. The lowest BCUT2D eigenvalue weighted by atomic mass is 9.77. The Kier molecular flexibility index (Phi) is 5.01. The number of benzene rings is 1. The van der Waals surface area contributed by atoms with Crippen LogP contribution in [0.4, 0.5) is 9.18 Å². The van der Waals surface area contributed by atoms with E-state index in [1.807, 2.05) is 27.7 Å². The first-order valence-corrected chi connectivity index (χ1v) is 9.13. The number of hydrogen-bond donors (Lipinski definition) is 1. The van der Waals surface area contributed by atoms with E-state index in [1.54, 1.807) is 11.0 Å². The van der Waals surface area contributed by atoms with Gasteiger partial charge in [0.2, 0.25) is 0 Å². The van der Waals surface area contributed by atoms with Crippen LogP contribution in [0.1, 0.15) is 44.7 Å². The molecule has 2 unspecified atom stereocenters. The second kappa shape index (κ2) is 6.82. The zero-order chi connectivity index (χ0) is 19.1. The van der Waals surface area contributed by atoms with Crippen LogP contribution in [-0.2, 0) is 15.9 Å². The van der Waals surface area contributed by atoms with Crippen LogP contribution >= 0.6 is 0 Å². The molecule has 5 nitrogen and oxygen atoms in total. The summed E-state index contributed by atoms with van der Waals surface area (Å²) in [6.45, 7) is 8.18. The third-order valence-electron chi connectivity index (χ3n) is 5.07. The molecule has 2 heterocycles. The first kappa shape index (κ1) is 19.1. The smallest absolute Gasteiger partial charge is 0.410 e. The van der Waals surface area contributed by atoms with Crippen molar-refractivity contribution in [1.82, 2.24) is 4.90 Å². The Morgan fingerprint density at radius 2 is 1.96 bits per heavy atom. The van der Waals surface area contributed by atoms with E-state index in [0.29, 0.717) is 32.5 Å². The fourth-order valence-electron chi connectivity index (χ4n) is 4.02. The molecule has 0 aliphatic carbocycles. The van der Waals surface area contributed by atoms with Crippen LogP contribution in [0.3, 0.4) is 0 Å². The van der Waals surface area contributed by atoms with Crippen molar-refractivity contribution in [3.05, 3.63) is 35.1 Å². The molecule has 1 aromatic carbocycles. The molecule has 2 atom stereocenters. The summed E-state index contributed by atoms with van der Waals surface area (Å²) in [5, 5.41) is 11.2. The van der Waals surface area contributed by atoms with Gasteiger partial charge < -0.3 is 14.6 Å². The van der Waals surface area contributed by atoms with Crippen molar-refractivity contribution >= 4 is 6.09 Å². The van der Waals surface area contributed by atoms with E-state index in [9.17, 15) is 14.3 Å². The van der Waals surface area contributed by atoms with Gasteiger partial charge in [0.15, 0.2) is 0 Å². The Morgan fingerprint density at radius 1 is 1.35 bits per heavy atom. The normalized spacial score (nSPS) is 28.8. The van der Waals surface area contributed by atoms with Crippen molar-refractivity contribution in [2.75, 3.05) is 13.2 Å². The van der Waals surface area contributed by atoms with Gasteiger partial charge in [-0.3, -0.25) is 4.90 Å². The van der Waals surface area contributed by atoms with E-state index in [4.69, 9.17) is 9.47 Å². The molecule has 0 aromatic heterocycles. The minimum Gasteiger partial charge on any atom is -0.444 e. The van der Waals surface area contributed by atoms with Crippen molar-refractivity contribution < 1.29 is 23.8 Å². The van der Waals surface area contributed by atoms with Gasteiger partial charge in [0, 0.05) is 6.42 Å². The number of halogens is 1. The summed E-state index contributed by atoms with van der Waals surface area (Å²) < 4.78 is 24.8. The summed E-state index contributed by atoms with van der Waals surface area (Å²) in [6, 6.07) is 4.16. The predicted octanol–water partition coefficient (Wildman–Crippen LogP) is 3.21. The highest BCUT2D eigenvalue weighted by Crippen LogP contribution is 2.38. The van der Waals surface area contributed by atoms with Gasteiger partial charge in [-0.25, -0.2) is 9.18 Å². The van der Waals surface area contributed by atoms with Crippen molar-refractivity contribution in [3.63, 3.8) is 0 Å². The second-order valence-corrected chi connectivity index (χ2v) is 8.61. The monoisotopic (exact) mass is 365 g/mol. The average molecular weight is 365 g/mol. The summed E-state index contributed by atoms with van der Waals surface area (Å²) in [6.07, 6.45) is 0.781. The van der Waals surface area contributed by atoms with Crippen molar-refractivity contribution in [2.45, 2.75) is 70.2 Å². The molecule has 0 radical (unpaired) electrons. The molecule has 2 saturated heterocycles. The topological polar surface area (TPSA) is 59.0 Å². The molecule has 6 heteroatoms. The maximum absolute atomic E-state index is 13.6. The number of aryl methyl sites for hydroxylation is 1. The van der Waals surface area contributed by atoms with Crippen LogP contribution in [0, 0.1) is 12.7 Å². The summed E-state index contributed by atoms with van der Waals surface area (Å²) in [4.78, 5) is 14.3. The van der Waals surface area contributed by atoms with E-state index < -0.39 is 11.2 Å². The second-order valence-electron chi connectivity index (χ2n) is 8.61. The van der Waals surface area contributed by atoms with E-state index in [0.717, 1.165) is 11.1 Å². The molecule has 26 heavy (non-hydrogen) atoms. The Hall–Kier alpha value is -1.66. The van der Waals surface area contributed by atoms with Crippen LogP contribution < -0.4 is 0 Å². The lowest BCUT2D eigenvalue weighted by Gasteiger charge is -2.51. The summed E-state index contributed by atoms with van der Waals surface area (Å²) in [5.74, 6) is -0.302. The van der Waals surface area contributed by atoms with Crippen LogP contribution in [0.2, 0.25) is 0 Å². The SMILES string of the molecule is Cc1ccc(F)cc1CC1(O)CC2COCC(C1)N2C(=O)OC(C)(C)C. The number of hydrogen-bond acceptors (Lipinski definition) is 4. The first-order chi connectivity index (χ1) is 12.1. The zero-order valence-electron chi connectivity index (χ0n) is 15.9. The molecule has 0 saturated carbocycles. The summed E-state index contributed by atoms with van der Waals surface area (Å²) >= 11 is 0. The van der Waals surface area contributed by atoms with Crippen LogP contribution in [0.5, 0.6) is 0 Å². The predicted molar refractivity (Wildman–Crippen MR) is 95.5 cm³/mol. The molecule has 2 aliphatic heterocycles. The summed E-state index contributed by atoms with van der Waals surface area (Å²) in [7, 11) is 0. The maximum Gasteiger partial charge on any atom is 0.410 e. The van der Waals surface area contributed by atoms with Gasteiger partial charge in [-0.2, -0.15) is 0 Å². The minimum absolute atomic E-state index is 0.240. The highest BCUT2D eigenvalue weighted by Gasteiger charge is 2.49. The highest BCUT2D eigenvalue weighted by atomic mass is 19.1. The van der Waals surface area contributed by atoms with E-state index >= 15 is 0 Å². The third kappa shape index (κ3) is 4.18. The Labute approximate surface area is 154 Å². The fraction of sp³-hybridized carbons (Fsp3) is 0.650. The average Bonchev–Trinajstić information content (AvgIpc) is 2.48. The van der Waals surface area contributed by atoms with Gasteiger partial charge in [0.1, 0.15) is 11.4 Å². The minimum atomic E-state index is -0.990. The molecule has 1 N–H and O–H groups in total. The molecule has 0 spiro atoms. The number of amides is 1. The standard InChI is InChI=1S/C20H28FNO4/c1-13-5-6-15(21)7-14(13)8-20(24)9-16-11-25-12-17(10-20)22(16)18(23)26-19(2,3)4/h5-7,16-17,24H,8-12H2,1-4H3. The number of ether oxygens (including phenoxy) is 2. The number of carbonyl (C=O) groups excluding carboxylic acids is 1. The Balaban J connectivity index is 1.78. The number of fused-ring (bicyclic) bond motifs is 2. The molecular formula is C20H28FNO4. The maximum atomic E-state index is 13.6. The molecule has 3 rings (SSSR count). The Bertz CT molecular complexity index is 671. The fourth-order valence-corrected chi connectivity index (χ4v) is 4.02. The number of aliphatic hydroxyl groups is 1. The Morgan fingerprint density at radius 3 is 2.54 bits per heavy atom. The van der Waals surface area contributed by atoms with Crippen LogP contribution in [-0.4, -0.2) is 52.6 Å². The quantitative estimate of drug-likeness (QED) is 0.874. The highest BCUT2D eigenvalue weighted by molar-refractivity contribution is 5.69. The van der Waals surface area contributed by atoms with Crippen molar-refractivity contribution in [2.24, 2.45) is 0 Å². The van der Waals surface area contributed by atoms with Gasteiger partial charge in [0.05, 0.1) is 30.9 Å². The molecule has 1 aromatic rings. The lowest BCUT2D eigenvalue weighted by Crippen LogP contribution is -2.64. The van der Waals surface area contributed by atoms with Gasteiger partial charge >= 0.3 is 6.09 Å². The van der Waals surface area contributed by atoms with Gasteiger partial charge in [0.25, 0.3) is 0 Å².